The molecule has 3 rings (SSSR count). The molecule has 0 saturated carbocycles. The maximum atomic E-state index is 8.77. The Hall–Kier alpha value is -2.58. The average molecular weight is 298 g/mol. The van der Waals surface area contributed by atoms with Crippen LogP contribution in [0, 0.1) is 18.3 Å². The van der Waals surface area contributed by atoms with E-state index in [4.69, 9.17) is 16.9 Å². The molecule has 3 aromatic rings. The molecule has 5 nitrogen and oxygen atoms in total. The molecule has 0 amide bonds. The van der Waals surface area contributed by atoms with E-state index >= 15 is 0 Å². The minimum atomic E-state index is 0.181. The number of hydrogen-bond donors (Lipinski definition) is 2. The second kappa shape index (κ2) is 5.43. The minimum absolute atomic E-state index is 0.181. The van der Waals surface area contributed by atoms with Crippen LogP contribution in [0.5, 0.6) is 0 Å². The zero-order valence-electron chi connectivity index (χ0n) is 11.3. The number of aromatic amines is 1. The normalized spacial score (nSPS) is 10.5. The van der Waals surface area contributed by atoms with Crippen LogP contribution in [0.4, 0.5) is 11.5 Å². The Morgan fingerprint density at radius 3 is 3.05 bits per heavy atom. The molecule has 6 heteroatoms. The lowest BCUT2D eigenvalue weighted by Crippen LogP contribution is -1.97. The first kappa shape index (κ1) is 13.4. The summed E-state index contributed by atoms with van der Waals surface area (Å²) in [6, 6.07) is 9.80. The van der Waals surface area contributed by atoms with Crippen molar-refractivity contribution in [3.63, 3.8) is 0 Å². The Morgan fingerprint density at radius 2 is 2.24 bits per heavy atom. The van der Waals surface area contributed by atoms with Gasteiger partial charge in [-0.3, -0.25) is 0 Å². The number of aromatic nitrogens is 3. The molecule has 0 aliphatic carbocycles. The molecule has 0 radical (unpaired) electrons. The van der Waals surface area contributed by atoms with Gasteiger partial charge in [-0.15, -0.1) is 0 Å². The van der Waals surface area contributed by atoms with E-state index < -0.39 is 0 Å². The van der Waals surface area contributed by atoms with Gasteiger partial charge in [0.05, 0.1) is 17.9 Å². The number of anilines is 2. The standard InChI is InChI=1S/C15H12ClN5/c1-9-8-18-13-12(9)14(21-15(16)20-13)19-11-4-2-3-10(7-11)5-6-17/h2-4,7-8H,5H2,1H3,(H2,18,19,20,21). The Labute approximate surface area is 126 Å². The van der Waals surface area contributed by atoms with E-state index in [2.05, 4.69) is 26.3 Å². The Morgan fingerprint density at radius 1 is 1.38 bits per heavy atom. The van der Waals surface area contributed by atoms with E-state index in [-0.39, 0.29) is 5.28 Å². The lowest BCUT2D eigenvalue weighted by atomic mass is 10.1. The smallest absolute Gasteiger partial charge is 0.226 e. The summed E-state index contributed by atoms with van der Waals surface area (Å²) in [4.78, 5) is 11.5. The first-order chi connectivity index (χ1) is 10.2. The molecular weight excluding hydrogens is 286 g/mol. The van der Waals surface area contributed by atoms with Gasteiger partial charge in [0.1, 0.15) is 11.5 Å². The summed E-state index contributed by atoms with van der Waals surface area (Å²) in [7, 11) is 0. The molecule has 0 spiro atoms. The highest BCUT2D eigenvalue weighted by molar-refractivity contribution is 6.28. The van der Waals surface area contributed by atoms with Gasteiger partial charge < -0.3 is 10.3 Å². The second-order valence-corrected chi connectivity index (χ2v) is 5.03. The van der Waals surface area contributed by atoms with Gasteiger partial charge in [0, 0.05) is 11.9 Å². The van der Waals surface area contributed by atoms with Gasteiger partial charge in [0.2, 0.25) is 5.28 Å². The van der Waals surface area contributed by atoms with Crippen molar-refractivity contribution in [2.24, 2.45) is 0 Å². The monoisotopic (exact) mass is 297 g/mol. The van der Waals surface area contributed by atoms with E-state index in [0.717, 1.165) is 22.2 Å². The van der Waals surface area contributed by atoms with Crippen LogP contribution in [0.25, 0.3) is 11.0 Å². The van der Waals surface area contributed by atoms with Crippen LogP contribution in [-0.2, 0) is 6.42 Å². The van der Waals surface area contributed by atoms with Gasteiger partial charge in [0.15, 0.2) is 0 Å². The number of aryl methyl sites for hydroxylation is 1. The maximum absolute atomic E-state index is 8.77. The van der Waals surface area contributed by atoms with Crippen LogP contribution in [0.15, 0.2) is 30.5 Å². The summed E-state index contributed by atoms with van der Waals surface area (Å²) < 4.78 is 0. The summed E-state index contributed by atoms with van der Waals surface area (Å²) >= 11 is 5.96. The third-order valence-electron chi connectivity index (χ3n) is 3.17. The SMILES string of the molecule is Cc1c[nH]c2nc(Cl)nc(Nc3cccc(CC#N)c3)c12. The van der Waals surface area contributed by atoms with Gasteiger partial charge >= 0.3 is 0 Å². The molecule has 0 saturated heterocycles. The summed E-state index contributed by atoms with van der Waals surface area (Å²) in [5, 5.41) is 13.1. The zero-order chi connectivity index (χ0) is 14.8. The van der Waals surface area contributed by atoms with Crippen molar-refractivity contribution in [2.75, 3.05) is 5.32 Å². The molecule has 0 unspecified atom stereocenters. The molecular formula is C15H12ClN5. The maximum Gasteiger partial charge on any atom is 0.226 e. The zero-order valence-corrected chi connectivity index (χ0v) is 12.1. The summed E-state index contributed by atoms with van der Waals surface area (Å²) in [5.41, 5.74) is 3.55. The van der Waals surface area contributed by atoms with Crippen LogP contribution < -0.4 is 5.32 Å². The van der Waals surface area contributed by atoms with Gasteiger partial charge in [-0.2, -0.15) is 15.2 Å². The second-order valence-electron chi connectivity index (χ2n) is 4.70. The lowest BCUT2D eigenvalue weighted by molar-refractivity contribution is 1.20. The number of nitrogens with one attached hydrogen (secondary N) is 2. The van der Waals surface area contributed by atoms with E-state index in [1.165, 1.54) is 0 Å². The highest BCUT2D eigenvalue weighted by Gasteiger charge is 2.11. The molecule has 2 N–H and O–H groups in total. The van der Waals surface area contributed by atoms with Gasteiger partial charge in [0.25, 0.3) is 0 Å². The molecule has 104 valence electrons. The number of benzene rings is 1. The summed E-state index contributed by atoms with van der Waals surface area (Å²) in [6.07, 6.45) is 2.24. The first-order valence-electron chi connectivity index (χ1n) is 6.41. The predicted octanol–water partition coefficient (Wildman–Crippen LogP) is 3.73. The fourth-order valence-corrected chi connectivity index (χ4v) is 2.41. The number of hydrogen-bond acceptors (Lipinski definition) is 4. The first-order valence-corrected chi connectivity index (χ1v) is 6.79. The molecule has 0 aliphatic heterocycles. The third-order valence-corrected chi connectivity index (χ3v) is 3.34. The molecule has 0 atom stereocenters. The number of rotatable bonds is 3. The number of nitriles is 1. The van der Waals surface area contributed by atoms with E-state index in [9.17, 15) is 0 Å². The van der Waals surface area contributed by atoms with Crippen LogP contribution in [-0.4, -0.2) is 15.0 Å². The quantitative estimate of drug-likeness (QED) is 0.722. The van der Waals surface area contributed by atoms with Crippen molar-refractivity contribution in [3.05, 3.63) is 46.9 Å². The number of halogens is 1. The molecule has 0 bridgehead atoms. The topological polar surface area (TPSA) is 77.4 Å². The van der Waals surface area contributed by atoms with E-state index in [1.807, 2.05) is 37.4 Å². The fourth-order valence-electron chi connectivity index (χ4n) is 2.24. The van der Waals surface area contributed by atoms with Crippen molar-refractivity contribution in [1.82, 2.24) is 15.0 Å². The largest absolute Gasteiger partial charge is 0.346 e. The van der Waals surface area contributed by atoms with E-state index in [0.29, 0.717) is 17.9 Å². The number of fused-ring (bicyclic) bond motifs is 1. The van der Waals surface area contributed by atoms with Crippen molar-refractivity contribution >= 4 is 34.1 Å². The third kappa shape index (κ3) is 2.67. The van der Waals surface area contributed by atoms with Crippen molar-refractivity contribution in [1.29, 1.82) is 5.26 Å². The molecule has 2 heterocycles. The predicted molar refractivity (Wildman–Crippen MR) is 82.7 cm³/mol. The van der Waals surface area contributed by atoms with Crippen molar-refractivity contribution in [2.45, 2.75) is 13.3 Å². The van der Waals surface area contributed by atoms with Crippen LogP contribution >= 0.6 is 11.6 Å². The summed E-state index contributed by atoms with van der Waals surface area (Å²) in [6.45, 7) is 1.98. The summed E-state index contributed by atoms with van der Waals surface area (Å²) in [5.74, 6) is 0.651. The average Bonchev–Trinajstić information content (AvgIpc) is 2.81. The van der Waals surface area contributed by atoms with Crippen LogP contribution in [0.3, 0.4) is 0 Å². The van der Waals surface area contributed by atoms with Crippen molar-refractivity contribution in [3.8, 4) is 6.07 Å². The Balaban J connectivity index is 2.03. The molecule has 1 aromatic carbocycles. The number of H-pyrrole nitrogens is 1. The highest BCUT2D eigenvalue weighted by Crippen LogP contribution is 2.27. The van der Waals surface area contributed by atoms with Crippen LogP contribution in [0.2, 0.25) is 5.28 Å². The molecule has 0 fully saturated rings. The fraction of sp³-hybridized carbons (Fsp3) is 0.133. The number of nitrogens with zero attached hydrogens (tertiary/aromatic N) is 3. The Kier molecular flexibility index (Phi) is 3.46. The molecule has 21 heavy (non-hydrogen) atoms. The minimum Gasteiger partial charge on any atom is -0.346 e. The van der Waals surface area contributed by atoms with Gasteiger partial charge in [-0.05, 0) is 41.8 Å². The Bertz CT molecular complexity index is 847. The highest BCUT2D eigenvalue weighted by atomic mass is 35.5. The lowest BCUT2D eigenvalue weighted by Gasteiger charge is -2.08. The molecule has 0 aliphatic rings. The van der Waals surface area contributed by atoms with E-state index in [1.54, 1.807) is 0 Å². The van der Waals surface area contributed by atoms with Crippen molar-refractivity contribution < 1.29 is 0 Å². The van der Waals surface area contributed by atoms with Gasteiger partial charge in [-0.25, -0.2) is 0 Å². The van der Waals surface area contributed by atoms with Gasteiger partial charge in [-0.1, -0.05) is 12.1 Å². The molecule has 2 aromatic heterocycles. The van der Waals surface area contributed by atoms with Crippen LogP contribution in [0.1, 0.15) is 11.1 Å².